The predicted octanol–water partition coefficient (Wildman–Crippen LogP) is 6.05. The van der Waals surface area contributed by atoms with Crippen LogP contribution in [0.3, 0.4) is 0 Å². The highest BCUT2D eigenvalue weighted by molar-refractivity contribution is 6.34. The first-order chi connectivity index (χ1) is 14.6. The first-order valence-corrected chi connectivity index (χ1v) is 9.34. The summed E-state index contributed by atoms with van der Waals surface area (Å²) in [5.41, 5.74) is 0.975. The van der Waals surface area contributed by atoms with Gasteiger partial charge in [0.25, 0.3) is 11.8 Å². The van der Waals surface area contributed by atoms with Crippen molar-refractivity contribution in [3.8, 4) is 5.75 Å². The number of benzene rings is 3. The molecule has 0 aromatic heterocycles. The summed E-state index contributed by atoms with van der Waals surface area (Å²) in [6, 6.07) is 16.9. The van der Waals surface area contributed by atoms with Crippen molar-refractivity contribution < 1.29 is 27.5 Å². The molecule has 0 saturated carbocycles. The van der Waals surface area contributed by atoms with Crippen LogP contribution in [0.5, 0.6) is 5.75 Å². The average molecular weight is 449 g/mol. The lowest BCUT2D eigenvalue weighted by molar-refractivity contribution is -0.274. The summed E-state index contributed by atoms with van der Waals surface area (Å²) in [5, 5.41) is 4.90. The van der Waals surface area contributed by atoms with Crippen molar-refractivity contribution in [1.82, 2.24) is 0 Å². The highest BCUT2D eigenvalue weighted by Crippen LogP contribution is 2.37. The highest BCUT2D eigenvalue weighted by Gasteiger charge is 2.33. The van der Waals surface area contributed by atoms with Crippen LogP contribution in [0.1, 0.15) is 26.3 Å². The van der Waals surface area contributed by atoms with Crippen molar-refractivity contribution in [3.05, 3.63) is 88.4 Å². The number of amides is 2. The van der Waals surface area contributed by atoms with Crippen LogP contribution in [0.15, 0.2) is 66.7 Å². The van der Waals surface area contributed by atoms with E-state index in [-0.39, 0.29) is 22.2 Å². The minimum atomic E-state index is -4.96. The lowest BCUT2D eigenvalue weighted by Crippen LogP contribution is -2.20. The van der Waals surface area contributed by atoms with Gasteiger partial charge in [0, 0.05) is 16.8 Å². The lowest BCUT2D eigenvalue weighted by Gasteiger charge is -2.16. The molecule has 0 unspecified atom stereocenters. The van der Waals surface area contributed by atoms with Gasteiger partial charge in [-0.2, -0.15) is 0 Å². The van der Waals surface area contributed by atoms with Crippen LogP contribution in [0.25, 0.3) is 0 Å². The number of carbonyl (C=O) groups is 2. The number of anilines is 2. The Morgan fingerprint density at radius 2 is 1.52 bits per heavy atom. The molecule has 0 spiro atoms. The normalized spacial score (nSPS) is 11.0. The van der Waals surface area contributed by atoms with E-state index in [0.717, 1.165) is 6.07 Å². The first-order valence-electron chi connectivity index (χ1n) is 8.96. The molecule has 0 radical (unpaired) electrons. The van der Waals surface area contributed by atoms with Crippen LogP contribution in [0, 0.1) is 6.92 Å². The van der Waals surface area contributed by atoms with E-state index in [1.807, 2.05) is 0 Å². The topological polar surface area (TPSA) is 67.4 Å². The fourth-order valence-corrected chi connectivity index (χ4v) is 3.07. The summed E-state index contributed by atoms with van der Waals surface area (Å²) in [6.07, 6.45) is -4.96. The van der Waals surface area contributed by atoms with E-state index in [9.17, 15) is 22.8 Å². The maximum Gasteiger partial charge on any atom is 0.573 e. The number of aryl methyl sites for hydroxylation is 1. The maximum atomic E-state index is 12.7. The number of hydrogen-bond acceptors (Lipinski definition) is 3. The maximum absolute atomic E-state index is 12.7. The molecule has 0 aliphatic carbocycles. The minimum absolute atomic E-state index is 0.0977. The molecule has 0 fully saturated rings. The van der Waals surface area contributed by atoms with Gasteiger partial charge in [0.1, 0.15) is 5.69 Å². The molecule has 5 nitrogen and oxygen atoms in total. The molecule has 0 aliphatic rings. The first kappa shape index (κ1) is 22.2. The van der Waals surface area contributed by atoms with Gasteiger partial charge in [-0.3, -0.25) is 9.59 Å². The average Bonchev–Trinajstić information content (AvgIpc) is 2.70. The minimum Gasteiger partial charge on any atom is -0.403 e. The van der Waals surface area contributed by atoms with Crippen LogP contribution >= 0.6 is 11.6 Å². The Bertz CT molecular complexity index is 1120. The van der Waals surface area contributed by atoms with Crippen molar-refractivity contribution in [1.29, 1.82) is 0 Å². The second kappa shape index (κ2) is 9.09. The Hall–Kier alpha value is -3.52. The highest BCUT2D eigenvalue weighted by atomic mass is 35.5. The second-order valence-electron chi connectivity index (χ2n) is 6.52. The van der Waals surface area contributed by atoms with Gasteiger partial charge in [0.2, 0.25) is 0 Å². The Labute approximate surface area is 180 Å². The zero-order valence-electron chi connectivity index (χ0n) is 16.1. The molecule has 2 N–H and O–H groups in total. The summed E-state index contributed by atoms with van der Waals surface area (Å²) >= 11 is 6.04. The molecule has 0 aliphatic heterocycles. The molecule has 3 aromatic rings. The summed E-state index contributed by atoms with van der Waals surface area (Å²) in [4.78, 5) is 24.9. The van der Waals surface area contributed by atoms with Gasteiger partial charge < -0.3 is 15.4 Å². The van der Waals surface area contributed by atoms with E-state index in [0.29, 0.717) is 16.8 Å². The van der Waals surface area contributed by atoms with Crippen LogP contribution in [0.4, 0.5) is 24.5 Å². The van der Waals surface area contributed by atoms with E-state index in [1.54, 1.807) is 43.3 Å². The third-order valence-electron chi connectivity index (χ3n) is 4.08. The van der Waals surface area contributed by atoms with Crippen LogP contribution in [0.2, 0.25) is 5.02 Å². The quantitative estimate of drug-likeness (QED) is 0.499. The smallest absolute Gasteiger partial charge is 0.403 e. The zero-order chi connectivity index (χ0) is 22.6. The van der Waals surface area contributed by atoms with Crippen molar-refractivity contribution in [2.24, 2.45) is 0 Å². The van der Waals surface area contributed by atoms with Gasteiger partial charge in [0.15, 0.2) is 5.75 Å². The molecule has 160 valence electrons. The SMILES string of the molecule is Cc1cc(Cl)c(NC(=O)c2cccc(NC(=O)c3ccccc3)c2)c(OC(F)(F)F)c1. The number of alkyl halides is 3. The van der Waals surface area contributed by atoms with Crippen LogP contribution < -0.4 is 15.4 Å². The fourth-order valence-electron chi connectivity index (χ4n) is 2.75. The molecular formula is C22H16ClF3N2O3. The van der Waals surface area contributed by atoms with E-state index in [4.69, 9.17) is 11.6 Å². The zero-order valence-corrected chi connectivity index (χ0v) is 16.8. The molecule has 0 saturated heterocycles. The molecule has 0 heterocycles. The van der Waals surface area contributed by atoms with Crippen molar-refractivity contribution in [2.75, 3.05) is 10.6 Å². The molecule has 31 heavy (non-hydrogen) atoms. The molecule has 3 rings (SSSR count). The monoisotopic (exact) mass is 448 g/mol. The van der Waals surface area contributed by atoms with Gasteiger partial charge in [-0.15, -0.1) is 13.2 Å². The lowest BCUT2D eigenvalue weighted by atomic mass is 10.1. The largest absolute Gasteiger partial charge is 0.573 e. The Morgan fingerprint density at radius 1 is 0.871 bits per heavy atom. The van der Waals surface area contributed by atoms with Gasteiger partial charge in [-0.05, 0) is 55.0 Å². The van der Waals surface area contributed by atoms with E-state index >= 15 is 0 Å². The van der Waals surface area contributed by atoms with Crippen molar-refractivity contribution >= 4 is 34.8 Å². The summed E-state index contributed by atoms with van der Waals surface area (Å²) in [7, 11) is 0. The van der Waals surface area contributed by atoms with E-state index in [2.05, 4.69) is 15.4 Å². The number of carbonyl (C=O) groups excluding carboxylic acids is 2. The van der Waals surface area contributed by atoms with Crippen LogP contribution in [-0.2, 0) is 0 Å². The molecule has 2 amide bonds. The molecule has 0 bridgehead atoms. The molecule has 3 aromatic carbocycles. The Morgan fingerprint density at radius 3 is 2.19 bits per heavy atom. The standard InChI is InChI=1S/C22H16ClF3N2O3/c1-13-10-17(23)19(18(11-13)31-22(24,25)26)28-21(30)15-8-5-9-16(12-15)27-20(29)14-6-3-2-4-7-14/h2-12H,1H3,(H,27,29)(H,28,30). The van der Waals surface area contributed by atoms with E-state index < -0.39 is 18.0 Å². The molecule has 0 atom stereocenters. The molecule has 9 heteroatoms. The predicted molar refractivity (Wildman–Crippen MR) is 112 cm³/mol. The summed E-state index contributed by atoms with van der Waals surface area (Å²) < 4.78 is 42.2. The number of rotatable bonds is 5. The summed E-state index contributed by atoms with van der Waals surface area (Å²) in [5.74, 6) is -1.73. The number of ether oxygens (including phenoxy) is 1. The second-order valence-corrected chi connectivity index (χ2v) is 6.93. The van der Waals surface area contributed by atoms with Gasteiger partial charge in [0.05, 0.1) is 5.02 Å². The van der Waals surface area contributed by atoms with Gasteiger partial charge in [-0.1, -0.05) is 35.9 Å². The number of hydrogen-bond donors (Lipinski definition) is 2. The third-order valence-corrected chi connectivity index (χ3v) is 4.38. The van der Waals surface area contributed by atoms with Gasteiger partial charge in [-0.25, -0.2) is 0 Å². The summed E-state index contributed by atoms with van der Waals surface area (Å²) in [6.45, 7) is 1.54. The number of halogens is 4. The van der Waals surface area contributed by atoms with E-state index in [1.165, 1.54) is 24.3 Å². The van der Waals surface area contributed by atoms with Gasteiger partial charge >= 0.3 is 6.36 Å². The Balaban J connectivity index is 1.82. The van der Waals surface area contributed by atoms with Crippen molar-refractivity contribution in [3.63, 3.8) is 0 Å². The fraction of sp³-hybridized carbons (Fsp3) is 0.0909. The molecular weight excluding hydrogens is 433 g/mol. The Kier molecular flexibility index (Phi) is 6.50. The number of nitrogens with one attached hydrogen (secondary N) is 2. The van der Waals surface area contributed by atoms with Crippen LogP contribution in [-0.4, -0.2) is 18.2 Å². The van der Waals surface area contributed by atoms with Crippen molar-refractivity contribution in [2.45, 2.75) is 13.3 Å². The third kappa shape index (κ3) is 5.99.